The van der Waals surface area contributed by atoms with Gasteiger partial charge >= 0.3 is 0 Å². The summed E-state index contributed by atoms with van der Waals surface area (Å²) in [7, 11) is 0. The molecule has 31 heavy (non-hydrogen) atoms. The van der Waals surface area contributed by atoms with Crippen LogP contribution >= 0.6 is 22.9 Å². The number of thiophene rings is 1. The van der Waals surface area contributed by atoms with Crippen molar-refractivity contribution in [2.24, 2.45) is 0 Å². The van der Waals surface area contributed by atoms with Crippen LogP contribution in [0, 0.1) is 0 Å². The van der Waals surface area contributed by atoms with Crippen LogP contribution in [0.4, 0.5) is 5.69 Å². The maximum absolute atomic E-state index is 14.0. The predicted molar refractivity (Wildman–Crippen MR) is 132 cm³/mol. The summed E-state index contributed by atoms with van der Waals surface area (Å²) < 4.78 is 1.04. The second kappa shape index (κ2) is 7.22. The Morgan fingerprint density at radius 3 is 2.29 bits per heavy atom. The van der Waals surface area contributed by atoms with Gasteiger partial charge in [0.25, 0.3) is 5.91 Å². The third-order valence-electron chi connectivity index (χ3n) is 6.47. The van der Waals surface area contributed by atoms with E-state index in [4.69, 9.17) is 11.6 Å². The van der Waals surface area contributed by atoms with E-state index < -0.39 is 5.54 Å². The summed E-state index contributed by atoms with van der Waals surface area (Å²) in [5.41, 5.74) is 2.81. The van der Waals surface area contributed by atoms with E-state index in [9.17, 15) is 4.79 Å². The smallest absolute Gasteiger partial charge is 0.270 e. The van der Waals surface area contributed by atoms with E-state index in [1.165, 1.54) is 22.5 Å². The number of anilines is 1. The quantitative estimate of drug-likeness (QED) is 0.309. The molecule has 1 aromatic heterocycles. The molecule has 5 rings (SSSR count). The summed E-state index contributed by atoms with van der Waals surface area (Å²) in [6.45, 7) is 6.60. The molecule has 1 aliphatic rings. The minimum Gasteiger partial charge on any atom is -0.302 e. The van der Waals surface area contributed by atoms with Gasteiger partial charge in [-0.15, -0.1) is 11.3 Å². The SMILES string of the molecule is CC1(c2ccccc2)CC(C)(C)N(C(=O)c2sc3ccccc3c2Cl)c2ccccc21. The lowest BCUT2D eigenvalue weighted by atomic mass is 9.65. The highest BCUT2D eigenvalue weighted by atomic mass is 35.5. The molecule has 4 heteroatoms. The van der Waals surface area contributed by atoms with Crippen LogP contribution in [0.15, 0.2) is 78.9 Å². The van der Waals surface area contributed by atoms with Gasteiger partial charge in [0.15, 0.2) is 0 Å². The molecule has 0 saturated heterocycles. The van der Waals surface area contributed by atoms with E-state index in [2.05, 4.69) is 63.2 Å². The topological polar surface area (TPSA) is 20.3 Å². The van der Waals surface area contributed by atoms with Crippen molar-refractivity contribution < 1.29 is 4.79 Å². The lowest BCUT2D eigenvalue weighted by molar-refractivity contribution is 0.0953. The van der Waals surface area contributed by atoms with Gasteiger partial charge in [-0.3, -0.25) is 4.79 Å². The molecule has 2 nitrogen and oxygen atoms in total. The minimum absolute atomic E-state index is 0.0289. The molecule has 3 aromatic carbocycles. The zero-order chi connectivity index (χ0) is 21.8. The number of carbonyl (C=O) groups excluding carboxylic acids is 1. The Morgan fingerprint density at radius 2 is 1.55 bits per heavy atom. The molecule has 0 spiro atoms. The maximum atomic E-state index is 14.0. The number of carbonyl (C=O) groups is 1. The third-order valence-corrected chi connectivity index (χ3v) is 8.14. The Labute approximate surface area is 192 Å². The van der Waals surface area contributed by atoms with Crippen LogP contribution in [0.1, 0.15) is 48.0 Å². The predicted octanol–water partition coefficient (Wildman–Crippen LogP) is 7.69. The van der Waals surface area contributed by atoms with Crippen molar-refractivity contribution in [3.8, 4) is 0 Å². The second-order valence-corrected chi connectivity index (χ2v) is 10.5. The molecule has 0 fully saturated rings. The first-order valence-electron chi connectivity index (χ1n) is 10.5. The van der Waals surface area contributed by atoms with Crippen molar-refractivity contribution in [2.75, 3.05) is 4.90 Å². The zero-order valence-corrected chi connectivity index (χ0v) is 19.4. The monoisotopic (exact) mass is 445 g/mol. The Hall–Kier alpha value is -2.62. The van der Waals surface area contributed by atoms with Crippen molar-refractivity contribution >= 4 is 44.6 Å². The Balaban J connectivity index is 1.69. The van der Waals surface area contributed by atoms with Crippen LogP contribution < -0.4 is 4.90 Å². The fraction of sp³-hybridized carbons (Fsp3) is 0.222. The molecule has 1 atom stereocenters. The summed E-state index contributed by atoms with van der Waals surface area (Å²) in [5, 5.41) is 1.49. The molecule has 0 saturated carbocycles. The van der Waals surface area contributed by atoms with Gasteiger partial charge in [-0.2, -0.15) is 0 Å². The average molecular weight is 446 g/mol. The van der Waals surface area contributed by atoms with Crippen LogP contribution in [0.5, 0.6) is 0 Å². The number of amides is 1. The highest BCUT2D eigenvalue weighted by Gasteiger charge is 2.48. The highest BCUT2D eigenvalue weighted by molar-refractivity contribution is 7.21. The largest absolute Gasteiger partial charge is 0.302 e. The van der Waals surface area contributed by atoms with E-state index in [0.717, 1.165) is 22.2 Å². The number of halogens is 1. The number of hydrogen-bond donors (Lipinski definition) is 0. The van der Waals surface area contributed by atoms with Crippen molar-refractivity contribution in [1.29, 1.82) is 0 Å². The third kappa shape index (κ3) is 3.10. The highest BCUT2D eigenvalue weighted by Crippen LogP contribution is 2.51. The zero-order valence-electron chi connectivity index (χ0n) is 17.9. The molecule has 0 aliphatic carbocycles. The van der Waals surface area contributed by atoms with Crippen molar-refractivity contribution in [2.45, 2.75) is 38.1 Å². The number of fused-ring (bicyclic) bond motifs is 2. The summed E-state index contributed by atoms with van der Waals surface area (Å²) in [4.78, 5) is 16.5. The number of benzene rings is 3. The Morgan fingerprint density at radius 1 is 0.903 bits per heavy atom. The fourth-order valence-corrected chi connectivity index (χ4v) is 6.64. The first-order chi connectivity index (χ1) is 14.8. The summed E-state index contributed by atoms with van der Waals surface area (Å²) in [6, 6.07) is 26.8. The molecule has 1 amide bonds. The number of rotatable bonds is 2. The van der Waals surface area contributed by atoms with Gasteiger partial charge in [0.2, 0.25) is 0 Å². The number of hydrogen-bond acceptors (Lipinski definition) is 2. The van der Waals surface area contributed by atoms with Crippen LogP contribution in [0.3, 0.4) is 0 Å². The van der Waals surface area contributed by atoms with Crippen LogP contribution in [-0.2, 0) is 5.41 Å². The van der Waals surface area contributed by atoms with Gasteiger partial charge in [0.05, 0.1) is 5.02 Å². The molecule has 4 aromatic rings. The van der Waals surface area contributed by atoms with Crippen molar-refractivity contribution in [1.82, 2.24) is 0 Å². The van der Waals surface area contributed by atoms with Gasteiger partial charge in [0.1, 0.15) is 4.88 Å². The van der Waals surface area contributed by atoms with Gasteiger partial charge < -0.3 is 4.90 Å². The molecule has 0 N–H and O–H groups in total. The standard InChI is InChI=1S/C27H24ClNOS/c1-26(2)17-27(3,18-11-5-4-6-12-18)20-14-8-9-15-21(20)29(26)25(30)24-23(28)19-13-7-10-16-22(19)31-24/h4-16H,17H2,1-3H3. The van der Waals surface area contributed by atoms with Crippen LogP contribution in [0.2, 0.25) is 5.02 Å². The molecular formula is C27H24ClNOS. The minimum atomic E-state index is -0.393. The van der Waals surface area contributed by atoms with E-state index in [1.54, 1.807) is 0 Å². The molecule has 1 unspecified atom stereocenters. The molecule has 0 radical (unpaired) electrons. The van der Waals surface area contributed by atoms with Crippen LogP contribution in [0.25, 0.3) is 10.1 Å². The van der Waals surface area contributed by atoms with Crippen molar-refractivity contribution in [3.05, 3.63) is 99.9 Å². The van der Waals surface area contributed by atoms with E-state index in [0.29, 0.717) is 9.90 Å². The number of para-hydroxylation sites is 1. The fourth-order valence-electron chi connectivity index (χ4n) is 5.20. The molecule has 156 valence electrons. The van der Waals surface area contributed by atoms with E-state index in [1.807, 2.05) is 41.3 Å². The summed E-state index contributed by atoms with van der Waals surface area (Å²) in [6.07, 6.45) is 0.815. The first kappa shape index (κ1) is 20.3. The molecular weight excluding hydrogens is 422 g/mol. The second-order valence-electron chi connectivity index (χ2n) is 9.09. The summed E-state index contributed by atoms with van der Waals surface area (Å²) >= 11 is 8.18. The summed E-state index contributed by atoms with van der Waals surface area (Å²) in [5.74, 6) is -0.0289. The van der Waals surface area contributed by atoms with Crippen LogP contribution in [-0.4, -0.2) is 11.4 Å². The first-order valence-corrected chi connectivity index (χ1v) is 11.7. The van der Waals surface area contributed by atoms with Gasteiger partial charge in [-0.05, 0) is 43.5 Å². The average Bonchev–Trinajstić information content (AvgIpc) is 3.10. The van der Waals surface area contributed by atoms with E-state index >= 15 is 0 Å². The normalized spacial score (nSPS) is 19.9. The Bertz CT molecular complexity index is 1290. The van der Waals surface area contributed by atoms with Gasteiger partial charge in [-0.1, -0.05) is 85.3 Å². The Kier molecular flexibility index (Phi) is 4.72. The van der Waals surface area contributed by atoms with Gasteiger partial charge in [-0.25, -0.2) is 0 Å². The van der Waals surface area contributed by atoms with E-state index in [-0.39, 0.29) is 11.3 Å². The van der Waals surface area contributed by atoms with Crippen molar-refractivity contribution in [3.63, 3.8) is 0 Å². The molecule has 0 bridgehead atoms. The lowest BCUT2D eigenvalue weighted by Crippen LogP contribution is -2.55. The lowest BCUT2D eigenvalue weighted by Gasteiger charge is -2.51. The number of nitrogens with zero attached hydrogens (tertiary/aromatic N) is 1. The molecule has 1 aliphatic heterocycles. The molecule has 2 heterocycles. The van der Waals surface area contributed by atoms with Gasteiger partial charge in [0, 0.05) is 26.7 Å². The maximum Gasteiger partial charge on any atom is 0.270 e.